The van der Waals surface area contributed by atoms with Gasteiger partial charge in [-0.25, -0.2) is 4.79 Å². The average molecular weight is 294 g/mol. The number of ketones is 2. The zero-order valence-electron chi connectivity index (χ0n) is 12.2. The van der Waals surface area contributed by atoms with Crippen LogP contribution in [-0.4, -0.2) is 33.9 Å². The molecule has 1 saturated carbocycles. The fraction of sp³-hybridized carbons (Fsp3) is 0.562. The highest BCUT2D eigenvalue weighted by molar-refractivity contribution is 5.82. The standard InChI is InChI=1S/C16H22O5/c1-11(17)5-3-2-4-6-12-9-13(18)10-14(12)15(19)7-8-16(20)21/h4,6-8,12,14-15,19H,2-3,5,9-10H2,1H3,(H,20,21)/b6-4+,8-7+/t12-,14+,15-/m1/s1. The lowest BCUT2D eigenvalue weighted by atomic mass is 9.90. The highest BCUT2D eigenvalue weighted by atomic mass is 16.4. The maximum atomic E-state index is 11.6. The van der Waals surface area contributed by atoms with E-state index in [0.29, 0.717) is 12.8 Å². The summed E-state index contributed by atoms with van der Waals surface area (Å²) in [6.07, 6.45) is 7.78. The molecule has 1 aliphatic rings. The Morgan fingerprint density at radius 1 is 1.38 bits per heavy atom. The summed E-state index contributed by atoms with van der Waals surface area (Å²) in [5, 5.41) is 18.5. The minimum atomic E-state index is -1.12. The highest BCUT2D eigenvalue weighted by Gasteiger charge is 2.35. The molecule has 0 unspecified atom stereocenters. The number of carboxylic acids is 1. The van der Waals surface area contributed by atoms with Gasteiger partial charge in [0.15, 0.2) is 0 Å². The molecule has 5 nitrogen and oxygen atoms in total. The van der Waals surface area contributed by atoms with Crippen LogP contribution in [0.3, 0.4) is 0 Å². The monoisotopic (exact) mass is 294 g/mol. The molecule has 3 atom stereocenters. The SMILES string of the molecule is CC(=O)CCC/C=C/[C@@H]1CC(=O)C[C@@H]1[C@H](O)/C=C/C(=O)O. The number of aliphatic hydroxyl groups is 1. The molecule has 0 heterocycles. The first-order chi connectivity index (χ1) is 9.90. The number of carbonyl (C=O) groups is 3. The molecule has 1 rings (SSSR count). The fourth-order valence-corrected chi connectivity index (χ4v) is 2.56. The minimum Gasteiger partial charge on any atom is -0.478 e. The summed E-state index contributed by atoms with van der Waals surface area (Å²) in [5.41, 5.74) is 0. The van der Waals surface area contributed by atoms with Crippen molar-refractivity contribution < 1.29 is 24.6 Å². The number of unbranched alkanes of at least 4 members (excludes halogenated alkanes) is 1. The van der Waals surface area contributed by atoms with Gasteiger partial charge in [-0.1, -0.05) is 12.2 Å². The van der Waals surface area contributed by atoms with Gasteiger partial charge in [0.2, 0.25) is 0 Å². The van der Waals surface area contributed by atoms with Crippen molar-refractivity contribution in [3.8, 4) is 0 Å². The van der Waals surface area contributed by atoms with E-state index in [0.717, 1.165) is 18.9 Å². The fourth-order valence-electron chi connectivity index (χ4n) is 2.56. The smallest absolute Gasteiger partial charge is 0.328 e. The second kappa shape index (κ2) is 8.52. The molecule has 0 bridgehead atoms. The first-order valence-electron chi connectivity index (χ1n) is 7.17. The number of hydrogen-bond acceptors (Lipinski definition) is 4. The van der Waals surface area contributed by atoms with Crippen LogP contribution in [0, 0.1) is 11.8 Å². The van der Waals surface area contributed by atoms with E-state index in [1.807, 2.05) is 12.2 Å². The molecular weight excluding hydrogens is 272 g/mol. The molecule has 1 aliphatic carbocycles. The van der Waals surface area contributed by atoms with Gasteiger partial charge in [0.25, 0.3) is 0 Å². The predicted molar refractivity (Wildman–Crippen MR) is 77.7 cm³/mol. The Kier molecular flexibility index (Phi) is 7.02. The van der Waals surface area contributed by atoms with Gasteiger partial charge in [-0.05, 0) is 31.8 Å². The van der Waals surface area contributed by atoms with Gasteiger partial charge in [-0.2, -0.15) is 0 Å². The third-order valence-electron chi connectivity index (χ3n) is 3.63. The molecule has 0 aliphatic heterocycles. The lowest BCUT2D eigenvalue weighted by Gasteiger charge is -2.19. The van der Waals surface area contributed by atoms with Crippen LogP contribution >= 0.6 is 0 Å². The Morgan fingerprint density at radius 3 is 2.71 bits per heavy atom. The van der Waals surface area contributed by atoms with Crippen molar-refractivity contribution in [2.45, 2.75) is 45.1 Å². The molecule has 21 heavy (non-hydrogen) atoms. The summed E-state index contributed by atoms with van der Waals surface area (Å²) < 4.78 is 0. The Bertz CT molecular complexity index is 450. The molecule has 0 spiro atoms. The number of carboxylic acid groups (broad SMARTS) is 1. The number of aliphatic hydroxyl groups excluding tert-OH is 1. The van der Waals surface area contributed by atoms with Gasteiger partial charge >= 0.3 is 5.97 Å². The third kappa shape index (κ3) is 6.49. The van der Waals surface area contributed by atoms with E-state index in [1.54, 1.807) is 6.92 Å². The third-order valence-corrected chi connectivity index (χ3v) is 3.63. The molecule has 0 amide bonds. The number of aliphatic carboxylic acids is 1. The molecule has 0 saturated heterocycles. The predicted octanol–water partition coefficient (Wildman–Crippen LogP) is 1.90. The molecule has 0 radical (unpaired) electrons. The molecule has 5 heteroatoms. The summed E-state index contributed by atoms with van der Waals surface area (Å²) >= 11 is 0. The van der Waals surface area contributed by atoms with Crippen molar-refractivity contribution in [1.29, 1.82) is 0 Å². The number of carbonyl (C=O) groups excluding carboxylic acids is 2. The lowest BCUT2D eigenvalue weighted by molar-refractivity contribution is -0.131. The van der Waals surface area contributed by atoms with Crippen LogP contribution in [0.25, 0.3) is 0 Å². The average Bonchev–Trinajstić information content (AvgIpc) is 2.76. The second-order valence-electron chi connectivity index (χ2n) is 5.48. The lowest BCUT2D eigenvalue weighted by Crippen LogP contribution is -2.21. The summed E-state index contributed by atoms with van der Waals surface area (Å²) in [6, 6.07) is 0. The van der Waals surface area contributed by atoms with Crippen LogP contribution in [-0.2, 0) is 14.4 Å². The van der Waals surface area contributed by atoms with Crippen LogP contribution in [0.1, 0.15) is 39.0 Å². The molecule has 0 aromatic carbocycles. The van der Waals surface area contributed by atoms with E-state index in [9.17, 15) is 19.5 Å². The Balaban J connectivity index is 2.54. The van der Waals surface area contributed by atoms with Gasteiger partial charge in [0.05, 0.1) is 6.10 Å². The molecule has 0 aromatic rings. The summed E-state index contributed by atoms with van der Waals surface area (Å²) in [6.45, 7) is 1.56. The van der Waals surface area contributed by atoms with E-state index >= 15 is 0 Å². The van der Waals surface area contributed by atoms with Crippen molar-refractivity contribution in [3.63, 3.8) is 0 Å². The van der Waals surface area contributed by atoms with Gasteiger partial charge in [0, 0.05) is 31.3 Å². The van der Waals surface area contributed by atoms with E-state index < -0.39 is 12.1 Å². The normalized spacial score (nSPS) is 24.0. The van der Waals surface area contributed by atoms with E-state index in [2.05, 4.69) is 0 Å². The van der Waals surface area contributed by atoms with Crippen molar-refractivity contribution in [1.82, 2.24) is 0 Å². The number of hydrogen-bond donors (Lipinski definition) is 2. The minimum absolute atomic E-state index is 0.0664. The maximum absolute atomic E-state index is 11.6. The van der Waals surface area contributed by atoms with Gasteiger partial charge in [-0.3, -0.25) is 4.79 Å². The zero-order chi connectivity index (χ0) is 15.8. The van der Waals surface area contributed by atoms with Gasteiger partial charge in [0.1, 0.15) is 11.6 Å². The number of rotatable bonds is 8. The number of allylic oxidation sites excluding steroid dienone is 2. The first kappa shape index (κ1) is 17.3. The van der Waals surface area contributed by atoms with Crippen LogP contribution in [0.15, 0.2) is 24.3 Å². The summed E-state index contributed by atoms with van der Waals surface area (Å²) in [7, 11) is 0. The first-order valence-corrected chi connectivity index (χ1v) is 7.17. The molecule has 1 fully saturated rings. The van der Waals surface area contributed by atoms with Crippen molar-refractivity contribution in [2.75, 3.05) is 0 Å². The van der Waals surface area contributed by atoms with Crippen LogP contribution < -0.4 is 0 Å². The van der Waals surface area contributed by atoms with Crippen LogP contribution in [0.5, 0.6) is 0 Å². The maximum Gasteiger partial charge on any atom is 0.328 e. The largest absolute Gasteiger partial charge is 0.478 e. The van der Waals surface area contributed by atoms with Crippen LogP contribution in [0.2, 0.25) is 0 Å². The molecule has 0 aromatic heterocycles. The van der Waals surface area contributed by atoms with E-state index in [-0.39, 0.29) is 29.8 Å². The van der Waals surface area contributed by atoms with Crippen molar-refractivity contribution in [3.05, 3.63) is 24.3 Å². The second-order valence-corrected chi connectivity index (χ2v) is 5.48. The molecule has 2 N–H and O–H groups in total. The number of Topliss-reactive ketones (excluding diaryl/α,β-unsaturated/α-hetero) is 2. The van der Waals surface area contributed by atoms with Crippen molar-refractivity contribution >= 4 is 17.5 Å². The highest BCUT2D eigenvalue weighted by Crippen LogP contribution is 2.33. The topological polar surface area (TPSA) is 91.7 Å². The quantitative estimate of drug-likeness (QED) is 0.405. The van der Waals surface area contributed by atoms with Crippen molar-refractivity contribution in [2.24, 2.45) is 11.8 Å². The summed E-state index contributed by atoms with van der Waals surface area (Å²) in [4.78, 5) is 32.8. The Morgan fingerprint density at radius 2 is 2.10 bits per heavy atom. The molecular formula is C16H22O5. The van der Waals surface area contributed by atoms with Gasteiger partial charge < -0.3 is 15.0 Å². The Labute approximate surface area is 124 Å². The van der Waals surface area contributed by atoms with E-state index in [1.165, 1.54) is 6.08 Å². The van der Waals surface area contributed by atoms with E-state index in [4.69, 9.17) is 5.11 Å². The van der Waals surface area contributed by atoms with Crippen LogP contribution in [0.4, 0.5) is 0 Å². The Hall–Kier alpha value is -1.75. The molecule has 116 valence electrons. The van der Waals surface area contributed by atoms with Gasteiger partial charge in [-0.15, -0.1) is 0 Å². The zero-order valence-corrected chi connectivity index (χ0v) is 12.2. The summed E-state index contributed by atoms with van der Waals surface area (Å²) in [5.74, 6) is -1.21.